The van der Waals surface area contributed by atoms with Crippen LogP contribution in [0.5, 0.6) is 0 Å². The van der Waals surface area contributed by atoms with E-state index in [9.17, 15) is 0 Å². The van der Waals surface area contributed by atoms with Gasteiger partial charge in [0.2, 0.25) is 0 Å². The van der Waals surface area contributed by atoms with Gasteiger partial charge in [0.05, 0.1) is 11.7 Å². The molecule has 0 saturated carbocycles. The zero-order valence-electron chi connectivity index (χ0n) is 8.26. The fraction of sp³-hybridized carbons (Fsp3) is 0.364. The highest BCUT2D eigenvalue weighted by atomic mass is 14.7. The lowest BCUT2D eigenvalue weighted by molar-refractivity contribution is 0.854. The van der Waals surface area contributed by atoms with Crippen LogP contribution in [0.4, 0.5) is 0 Å². The fourth-order valence-corrected chi connectivity index (χ4v) is 1.88. The molecule has 0 aliphatic carbocycles. The van der Waals surface area contributed by atoms with Crippen LogP contribution >= 0.6 is 0 Å². The van der Waals surface area contributed by atoms with E-state index < -0.39 is 0 Å². The van der Waals surface area contributed by atoms with Crippen LogP contribution in [-0.4, -0.2) is 9.97 Å². The van der Waals surface area contributed by atoms with E-state index in [1.807, 2.05) is 12.4 Å². The van der Waals surface area contributed by atoms with Gasteiger partial charge in [-0.1, -0.05) is 13.8 Å². The van der Waals surface area contributed by atoms with Crippen LogP contribution in [0, 0.1) is 6.92 Å². The van der Waals surface area contributed by atoms with E-state index in [2.05, 4.69) is 36.8 Å². The molecular weight excluding hydrogens is 160 g/mol. The maximum atomic E-state index is 4.37. The number of hydrogen-bond donors (Lipinski definition) is 1. The van der Waals surface area contributed by atoms with Crippen LogP contribution in [0.2, 0.25) is 0 Å². The lowest BCUT2D eigenvalue weighted by Crippen LogP contribution is -1.95. The Morgan fingerprint density at radius 1 is 1.38 bits per heavy atom. The van der Waals surface area contributed by atoms with E-state index in [0.717, 1.165) is 11.2 Å². The molecule has 2 heteroatoms. The smallest absolute Gasteiger partial charge is 0.0643 e. The van der Waals surface area contributed by atoms with E-state index in [4.69, 9.17) is 0 Å². The third kappa shape index (κ3) is 1.22. The van der Waals surface area contributed by atoms with Crippen molar-refractivity contribution in [1.29, 1.82) is 0 Å². The van der Waals surface area contributed by atoms with Crippen molar-refractivity contribution in [2.75, 3.05) is 0 Å². The lowest BCUT2D eigenvalue weighted by Gasteiger charge is -2.09. The Labute approximate surface area is 78.0 Å². The van der Waals surface area contributed by atoms with Gasteiger partial charge in [-0.25, -0.2) is 0 Å². The van der Waals surface area contributed by atoms with Gasteiger partial charge < -0.3 is 4.98 Å². The summed E-state index contributed by atoms with van der Waals surface area (Å²) in [5, 5.41) is 1.31. The zero-order valence-corrected chi connectivity index (χ0v) is 8.26. The first-order valence-corrected chi connectivity index (χ1v) is 4.62. The molecule has 0 amide bonds. The van der Waals surface area contributed by atoms with E-state index in [0.29, 0.717) is 5.92 Å². The summed E-state index contributed by atoms with van der Waals surface area (Å²) in [5.74, 6) is 0.534. The van der Waals surface area contributed by atoms with E-state index in [-0.39, 0.29) is 0 Å². The van der Waals surface area contributed by atoms with Crippen LogP contribution < -0.4 is 0 Å². The molecule has 2 heterocycles. The first-order valence-electron chi connectivity index (χ1n) is 4.62. The van der Waals surface area contributed by atoms with Crippen LogP contribution in [0.3, 0.4) is 0 Å². The summed E-state index contributed by atoms with van der Waals surface area (Å²) in [6.45, 7) is 6.48. The number of H-pyrrole nitrogens is 1. The Balaban J connectivity index is 2.80. The number of nitrogens with one attached hydrogen (secondary N) is 1. The molecule has 0 unspecified atom stereocenters. The molecule has 1 N–H and O–H groups in total. The molecule has 0 atom stereocenters. The summed E-state index contributed by atoms with van der Waals surface area (Å²) < 4.78 is 0. The molecule has 0 aliphatic heterocycles. The number of aryl methyl sites for hydroxylation is 1. The molecule has 2 aromatic rings. The largest absolute Gasteiger partial charge is 0.360 e. The molecule has 2 rings (SSSR count). The average molecular weight is 174 g/mol. The van der Waals surface area contributed by atoms with Gasteiger partial charge in [-0.15, -0.1) is 0 Å². The molecule has 2 aromatic heterocycles. The number of rotatable bonds is 1. The van der Waals surface area contributed by atoms with Crippen LogP contribution in [0.1, 0.15) is 31.0 Å². The van der Waals surface area contributed by atoms with Crippen molar-refractivity contribution in [2.24, 2.45) is 0 Å². The van der Waals surface area contributed by atoms with Crippen molar-refractivity contribution in [3.63, 3.8) is 0 Å². The van der Waals surface area contributed by atoms with Crippen molar-refractivity contribution in [1.82, 2.24) is 9.97 Å². The van der Waals surface area contributed by atoms with E-state index >= 15 is 0 Å². The Morgan fingerprint density at radius 3 is 2.85 bits per heavy atom. The van der Waals surface area contributed by atoms with Gasteiger partial charge >= 0.3 is 0 Å². The maximum absolute atomic E-state index is 4.37. The number of fused-ring (bicyclic) bond motifs is 1. The number of aromatic nitrogens is 2. The summed E-state index contributed by atoms with van der Waals surface area (Å²) in [7, 11) is 0. The second kappa shape index (κ2) is 2.87. The van der Waals surface area contributed by atoms with Gasteiger partial charge in [0, 0.05) is 17.3 Å². The quantitative estimate of drug-likeness (QED) is 0.707. The average Bonchev–Trinajstić information content (AvgIpc) is 2.50. The molecule has 2 nitrogen and oxygen atoms in total. The Bertz CT molecular complexity index is 427. The van der Waals surface area contributed by atoms with Crippen LogP contribution in [0.25, 0.3) is 10.9 Å². The zero-order chi connectivity index (χ0) is 9.42. The highest BCUT2D eigenvalue weighted by Crippen LogP contribution is 2.26. The molecule has 0 aliphatic rings. The van der Waals surface area contributed by atoms with Gasteiger partial charge in [-0.2, -0.15) is 0 Å². The lowest BCUT2D eigenvalue weighted by atomic mass is 9.98. The van der Waals surface area contributed by atoms with Gasteiger partial charge in [-0.3, -0.25) is 4.98 Å². The maximum Gasteiger partial charge on any atom is 0.0643 e. The molecule has 68 valence electrons. The molecule has 0 fully saturated rings. The number of nitrogens with zero attached hydrogens (tertiary/aromatic N) is 1. The molecule has 0 radical (unpaired) electrons. The van der Waals surface area contributed by atoms with Crippen molar-refractivity contribution < 1.29 is 0 Å². The van der Waals surface area contributed by atoms with Crippen LogP contribution in [-0.2, 0) is 0 Å². The minimum Gasteiger partial charge on any atom is -0.360 e. The topological polar surface area (TPSA) is 28.7 Å². The Kier molecular flexibility index (Phi) is 1.83. The molecule has 0 saturated heterocycles. The van der Waals surface area contributed by atoms with Crippen LogP contribution in [0.15, 0.2) is 18.5 Å². The second-order valence-corrected chi connectivity index (χ2v) is 3.72. The summed E-state index contributed by atoms with van der Waals surface area (Å²) in [5.41, 5.74) is 3.63. The van der Waals surface area contributed by atoms with Gasteiger partial charge in [0.25, 0.3) is 0 Å². The summed E-state index contributed by atoms with van der Waals surface area (Å²) in [6, 6.07) is 2.12. The molecular formula is C11H14N2. The minimum absolute atomic E-state index is 0.534. The predicted molar refractivity (Wildman–Crippen MR) is 54.9 cm³/mol. The standard InChI is InChI=1S/C11H14N2/c1-7(2)11-8(3)13-6-10-9(11)4-5-12-10/h4-7,12H,1-3H3. The highest BCUT2D eigenvalue weighted by Gasteiger charge is 2.09. The first kappa shape index (κ1) is 8.30. The van der Waals surface area contributed by atoms with Crippen molar-refractivity contribution in [2.45, 2.75) is 26.7 Å². The fourth-order valence-electron chi connectivity index (χ4n) is 1.88. The monoisotopic (exact) mass is 174 g/mol. The molecule has 0 aromatic carbocycles. The predicted octanol–water partition coefficient (Wildman–Crippen LogP) is 2.99. The minimum atomic E-state index is 0.534. The van der Waals surface area contributed by atoms with Crippen molar-refractivity contribution in [3.05, 3.63) is 29.7 Å². The number of aromatic amines is 1. The number of hydrogen-bond acceptors (Lipinski definition) is 1. The van der Waals surface area contributed by atoms with E-state index in [1.54, 1.807) is 0 Å². The summed E-state index contributed by atoms with van der Waals surface area (Å²) >= 11 is 0. The SMILES string of the molecule is Cc1ncc2[nH]ccc2c1C(C)C. The van der Waals surface area contributed by atoms with Crippen molar-refractivity contribution in [3.8, 4) is 0 Å². The third-order valence-corrected chi connectivity index (χ3v) is 2.42. The van der Waals surface area contributed by atoms with Gasteiger partial charge in [0.15, 0.2) is 0 Å². The molecule has 0 bridgehead atoms. The highest BCUT2D eigenvalue weighted by molar-refractivity contribution is 5.83. The third-order valence-electron chi connectivity index (χ3n) is 2.42. The summed E-state index contributed by atoms with van der Waals surface area (Å²) in [4.78, 5) is 7.55. The summed E-state index contributed by atoms with van der Waals surface area (Å²) in [6.07, 6.45) is 3.87. The second-order valence-electron chi connectivity index (χ2n) is 3.72. The Hall–Kier alpha value is -1.31. The van der Waals surface area contributed by atoms with Gasteiger partial charge in [0.1, 0.15) is 0 Å². The Morgan fingerprint density at radius 2 is 2.15 bits per heavy atom. The normalized spacial score (nSPS) is 11.4. The molecule has 0 spiro atoms. The van der Waals surface area contributed by atoms with Crippen molar-refractivity contribution >= 4 is 10.9 Å². The number of pyridine rings is 1. The van der Waals surface area contributed by atoms with E-state index in [1.165, 1.54) is 10.9 Å². The van der Waals surface area contributed by atoms with Gasteiger partial charge in [-0.05, 0) is 24.5 Å². The molecule has 13 heavy (non-hydrogen) atoms. The first-order chi connectivity index (χ1) is 6.20.